The molecule has 0 spiro atoms. The van der Waals surface area contributed by atoms with E-state index in [2.05, 4.69) is 10.1 Å². The molecule has 168 valence electrons. The molecule has 1 saturated carbocycles. The van der Waals surface area contributed by atoms with Gasteiger partial charge in [-0.1, -0.05) is 11.6 Å². The Morgan fingerprint density at radius 3 is 2.50 bits per heavy atom. The molecule has 0 aromatic heterocycles. The van der Waals surface area contributed by atoms with Crippen molar-refractivity contribution in [1.29, 1.82) is 0 Å². The molecular weight excluding hydrogens is 507 g/mol. The summed E-state index contributed by atoms with van der Waals surface area (Å²) in [7, 11) is 3.25. The van der Waals surface area contributed by atoms with Crippen LogP contribution < -0.4 is 4.74 Å². The number of nitrogens with zero attached hydrogens (tertiary/aromatic N) is 3. The highest BCUT2D eigenvalue weighted by Gasteiger charge is 2.55. The summed E-state index contributed by atoms with van der Waals surface area (Å²) in [5.74, 6) is 0.111. The lowest BCUT2D eigenvalue weighted by Gasteiger charge is -2.33. The third-order valence-electron chi connectivity index (χ3n) is 5.22. The van der Waals surface area contributed by atoms with E-state index in [0.717, 1.165) is 67.0 Å². The third kappa shape index (κ3) is 6.03. The number of benzene rings is 1. The van der Waals surface area contributed by atoms with Gasteiger partial charge in [-0.15, -0.1) is 0 Å². The van der Waals surface area contributed by atoms with Crippen molar-refractivity contribution in [3.8, 4) is 5.75 Å². The maximum Gasteiger partial charge on any atom is 0.332 e. The van der Waals surface area contributed by atoms with Gasteiger partial charge in [-0.05, 0) is 51.2 Å². The standard InChI is InChI=1S/C21H30F2IN3O3/c1-5-27(3)14-25-18-12-19(29-4)17(11-15(18)2)20(28,21(22,23)24)13-30-26-16-9-7-6-8-10-16/h11-12,14,28H,5-10,13H2,1-4H3. The highest BCUT2D eigenvalue weighted by Crippen LogP contribution is 2.47. The smallest absolute Gasteiger partial charge is 0.332 e. The highest BCUT2D eigenvalue weighted by molar-refractivity contribution is 14.1. The average Bonchev–Trinajstić information content (AvgIpc) is 2.72. The number of hydrogen-bond donors (Lipinski definition) is 1. The summed E-state index contributed by atoms with van der Waals surface area (Å²) < 4.78 is 31.0. The number of alkyl halides is 3. The van der Waals surface area contributed by atoms with Crippen molar-refractivity contribution in [2.75, 3.05) is 27.3 Å². The summed E-state index contributed by atoms with van der Waals surface area (Å²) in [5, 5.41) is 15.1. The first kappa shape index (κ1) is 24.8. The number of halogens is 3. The number of aryl methyl sites for hydroxylation is 1. The molecule has 30 heavy (non-hydrogen) atoms. The maximum absolute atomic E-state index is 14.6. The summed E-state index contributed by atoms with van der Waals surface area (Å²) in [5.41, 5.74) is -0.644. The fraction of sp³-hybridized carbons (Fsp3) is 0.619. The molecule has 1 fully saturated rings. The van der Waals surface area contributed by atoms with Crippen LogP contribution >= 0.6 is 22.6 Å². The lowest BCUT2D eigenvalue weighted by Crippen LogP contribution is -2.45. The summed E-state index contributed by atoms with van der Waals surface area (Å²) in [6, 6.07) is 3.02. The fourth-order valence-electron chi connectivity index (χ4n) is 3.13. The first-order chi connectivity index (χ1) is 14.1. The molecule has 0 bridgehead atoms. The zero-order valence-electron chi connectivity index (χ0n) is 17.9. The highest BCUT2D eigenvalue weighted by atomic mass is 127. The van der Waals surface area contributed by atoms with E-state index >= 15 is 0 Å². The molecule has 1 aromatic rings. The molecule has 0 radical (unpaired) electrons. The predicted molar refractivity (Wildman–Crippen MR) is 124 cm³/mol. The van der Waals surface area contributed by atoms with Crippen molar-refractivity contribution >= 4 is 40.3 Å². The Bertz CT molecular complexity index is 775. The van der Waals surface area contributed by atoms with Crippen LogP contribution in [-0.4, -0.2) is 53.3 Å². The molecule has 6 nitrogen and oxygen atoms in total. The predicted octanol–water partition coefficient (Wildman–Crippen LogP) is 5.17. The summed E-state index contributed by atoms with van der Waals surface area (Å²) in [4.78, 5) is 11.5. The molecular formula is C21H30F2IN3O3. The number of ether oxygens (including phenoxy) is 1. The first-order valence-corrected chi connectivity index (χ1v) is 11.1. The van der Waals surface area contributed by atoms with Crippen molar-refractivity contribution < 1.29 is 23.5 Å². The zero-order valence-corrected chi connectivity index (χ0v) is 20.1. The van der Waals surface area contributed by atoms with Crippen LogP contribution in [0.1, 0.15) is 50.2 Å². The molecule has 1 aromatic carbocycles. The van der Waals surface area contributed by atoms with Crippen LogP contribution in [0.4, 0.5) is 14.5 Å². The maximum atomic E-state index is 14.6. The van der Waals surface area contributed by atoms with Crippen molar-refractivity contribution in [1.82, 2.24) is 4.90 Å². The van der Waals surface area contributed by atoms with Crippen molar-refractivity contribution in [2.24, 2.45) is 10.1 Å². The second kappa shape index (κ2) is 10.7. The zero-order chi connectivity index (χ0) is 22.4. The molecule has 0 heterocycles. The average molecular weight is 537 g/mol. The number of rotatable bonds is 9. The van der Waals surface area contributed by atoms with Gasteiger partial charge in [0, 0.05) is 47.8 Å². The molecule has 1 unspecified atom stereocenters. The Morgan fingerprint density at radius 1 is 1.27 bits per heavy atom. The molecule has 1 aliphatic rings. The van der Waals surface area contributed by atoms with Crippen LogP contribution in [0.3, 0.4) is 0 Å². The molecule has 0 saturated heterocycles. The third-order valence-corrected chi connectivity index (χ3v) is 6.12. The normalized spacial score (nSPS) is 17.0. The number of aliphatic hydroxyl groups is 1. The lowest BCUT2D eigenvalue weighted by molar-refractivity contribution is -0.154. The van der Waals surface area contributed by atoms with Crippen molar-refractivity contribution in [3.63, 3.8) is 0 Å². The Balaban J connectivity index is 2.38. The van der Waals surface area contributed by atoms with Crippen LogP contribution in [-0.2, 0) is 10.4 Å². The van der Waals surface area contributed by atoms with E-state index in [9.17, 15) is 13.9 Å². The fourth-order valence-corrected chi connectivity index (χ4v) is 3.58. The van der Waals surface area contributed by atoms with Crippen molar-refractivity contribution in [3.05, 3.63) is 23.3 Å². The van der Waals surface area contributed by atoms with E-state index in [1.807, 2.05) is 18.9 Å². The monoisotopic (exact) mass is 537 g/mol. The molecule has 1 N–H and O–H groups in total. The van der Waals surface area contributed by atoms with E-state index in [4.69, 9.17) is 9.57 Å². The SMILES string of the molecule is CCN(C)C=Nc1cc(OC)c(C(O)(CON=C2CCCCC2)C(F)(F)I)cc1C. The number of methoxy groups -OCH3 is 1. The lowest BCUT2D eigenvalue weighted by atomic mass is 9.92. The van der Waals surface area contributed by atoms with Gasteiger partial charge in [0.05, 0.1) is 24.8 Å². The Morgan fingerprint density at radius 2 is 1.93 bits per heavy atom. The van der Waals surface area contributed by atoms with E-state index in [-0.39, 0.29) is 11.3 Å². The Labute approximate surface area is 190 Å². The Hall–Kier alpha value is -1.49. The number of aliphatic imine (C=N–C) groups is 1. The molecule has 9 heteroatoms. The second-order valence-electron chi connectivity index (χ2n) is 7.51. The minimum absolute atomic E-state index is 0.0615. The van der Waals surface area contributed by atoms with Crippen LogP contribution in [0.5, 0.6) is 5.75 Å². The van der Waals surface area contributed by atoms with Gasteiger partial charge in [0.15, 0.2) is 6.61 Å². The number of hydrogen-bond acceptors (Lipinski definition) is 5. The number of oxime groups is 1. The van der Waals surface area contributed by atoms with Gasteiger partial charge < -0.3 is 19.6 Å². The summed E-state index contributed by atoms with van der Waals surface area (Å²) in [6.45, 7) is 3.82. The molecule has 0 aliphatic heterocycles. The van der Waals surface area contributed by atoms with Gasteiger partial charge in [0.1, 0.15) is 5.75 Å². The van der Waals surface area contributed by atoms with E-state index in [1.54, 1.807) is 19.3 Å². The van der Waals surface area contributed by atoms with Gasteiger partial charge in [-0.25, -0.2) is 4.99 Å². The van der Waals surface area contributed by atoms with Crippen LogP contribution in [0, 0.1) is 6.92 Å². The molecule has 1 atom stereocenters. The molecule has 2 rings (SSSR count). The topological polar surface area (TPSA) is 66.7 Å². The first-order valence-electron chi connectivity index (χ1n) is 10.0. The second-order valence-corrected chi connectivity index (χ2v) is 8.86. The quantitative estimate of drug-likeness (QED) is 0.155. The minimum atomic E-state index is -3.52. The van der Waals surface area contributed by atoms with E-state index in [1.165, 1.54) is 13.2 Å². The van der Waals surface area contributed by atoms with E-state index < -0.39 is 16.1 Å². The van der Waals surface area contributed by atoms with Crippen LogP contribution in [0.25, 0.3) is 0 Å². The van der Waals surface area contributed by atoms with Gasteiger partial charge in [-0.3, -0.25) is 0 Å². The van der Waals surface area contributed by atoms with Gasteiger partial charge in [-0.2, -0.15) is 8.78 Å². The summed E-state index contributed by atoms with van der Waals surface area (Å²) >= 11 is 0.933. The van der Waals surface area contributed by atoms with Crippen molar-refractivity contribution in [2.45, 2.75) is 55.5 Å². The van der Waals surface area contributed by atoms with Gasteiger partial charge in [0.2, 0.25) is 5.60 Å². The van der Waals surface area contributed by atoms with E-state index in [0.29, 0.717) is 11.3 Å². The molecule has 1 aliphatic carbocycles. The largest absolute Gasteiger partial charge is 0.496 e. The van der Waals surface area contributed by atoms with Gasteiger partial charge in [0.25, 0.3) is 0 Å². The van der Waals surface area contributed by atoms with Crippen LogP contribution in [0.2, 0.25) is 0 Å². The molecule has 0 amide bonds. The van der Waals surface area contributed by atoms with Crippen LogP contribution in [0.15, 0.2) is 22.3 Å². The summed E-state index contributed by atoms with van der Waals surface area (Å²) in [6.07, 6.45) is 6.40. The minimum Gasteiger partial charge on any atom is -0.496 e. The van der Waals surface area contributed by atoms with Gasteiger partial charge >= 0.3 is 3.93 Å². The Kier molecular flexibility index (Phi) is 8.84.